The number of carbonyl (C=O) groups excluding carboxylic acids is 1. The van der Waals surface area contributed by atoms with Gasteiger partial charge in [-0.3, -0.25) is 9.78 Å². The molecule has 2 rings (SSSR count). The van der Waals surface area contributed by atoms with Crippen LogP contribution >= 0.6 is 0 Å². The van der Waals surface area contributed by atoms with E-state index in [9.17, 15) is 9.90 Å². The van der Waals surface area contributed by atoms with Gasteiger partial charge in [-0.2, -0.15) is 0 Å². The van der Waals surface area contributed by atoms with Gasteiger partial charge in [-0.1, -0.05) is 6.07 Å². The lowest BCUT2D eigenvalue weighted by molar-refractivity contribution is 0.0951. The van der Waals surface area contributed by atoms with E-state index in [1.807, 2.05) is 19.1 Å². The number of pyridine rings is 1. The van der Waals surface area contributed by atoms with Crippen LogP contribution in [0.4, 0.5) is 5.69 Å². The van der Waals surface area contributed by atoms with Crippen molar-refractivity contribution in [2.45, 2.75) is 13.5 Å². The van der Waals surface area contributed by atoms with Gasteiger partial charge in [-0.15, -0.1) is 0 Å². The van der Waals surface area contributed by atoms with Gasteiger partial charge in [0.15, 0.2) is 0 Å². The maximum absolute atomic E-state index is 12.0. The fourth-order valence-electron chi connectivity index (χ4n) is 1.70. The van der Waals surface area contributed by atoms with Gasteiger partial charge in [-0.25, -0.2) is 0 Å². The number of carbonyl (C=O) groups is 1. The summed E-state index contributed by atoms with van der Waals surface area (Å²) < 4.78 is 0. The predicted molar refractivity (Wildman–Crippen MR) is 72.7 cm³/mol. The number of aryl methyl sites for hydroxylation is 1. The van der Waals surface area contributed by atoms with Gasteiger partial charge in [0.05, 0.1) is 17.8 Å². The van der Waals surface area contributed by atoms with Gasteiger partial charge < -0.3 is 16.2 Å². The zero-order valence-electron chi connectivity index (χ0n) is 10.6. The van der Waals surface area contributed by atoms with Gasteiger partial charge in [0.1, 0.15) is 5.75 Å². The molecule has 0 atom stereocenters. The first-order valence-electron chi connectivity index (χ1n) is 5.85. The third-order valence-corrected chi connectivity index (χ3v) is 2.82. The molecule has 1 amide bonds. The average Bonchev–Trinajstić information content (AvgIpc) is 2.40. The molecular formula is C14H15N3O2. The fraction of sp³-hybridized carbons (Fsp3) is 0.143. The molecule has 0 bridgehead atoms. The Balaban J connectivity index is 2.10. The monoisotopic (exact) mass is 257 g/mol. The zero-order valence-corrected chi connectivity index (χ0v) is 10.6. The molecule has 5 heteroatoms. The Morgan fingerprint density at radius 1 is 1.42 bits per heavy atom. The molecule has 1 heterocycles. The molecule has 0 spiro atoms. The second-order valence-corrected chi connectivity index (χ2v) is 4.22. The molecule has 0 saturated heterocycles. The number of aromatic hydroxyl groups is 1. The second kappa shape index (κ2) is 5.39. The lowest BCUT2D eigenvalue weighted by Gasteiger charge is -2.09. The summed E-state index contributed by atoms with van der Waals surface area (Å²) in [4.78, 5) is 16.2. The van der Waals surface area contributed by atoms with Crippen LogP contribution in [0.1, 0.15) is 21.6 Å². The number of hydrogen-bond acceptors (Lipinski definition) is 4. The summed E-state index contributed by atoms with van der Waals surface area (Å²) in [5.41, 5.74) is 8.09. The predicted octanol–water partition coefficient (Wildman–Crippen LogP) is 1.61. The number of amides is 1. The Morgan fingerprint density at radius 2 is 2.21 bits per heavy atom. The Morgan fingerprint density at radius 3 is 2.95 bits per heavy atom. The lowest BCUT2D eigenvalue weighted by atomic mass is 10.1. The molecule has 0 aliphatic rings. The van der Waals surface area contributed by atoms with Crippen molar-refractivity contribution in [1.82, 2.24) is 10.3 Å². The fourth-order valence-corrected chi connectivity index (χ4v) is 1.70. The molecule has 98 valence electrons. The van der Waals surface area contributed by atoms with E-state index in [1.54, 1.807) is 6.20 Å². The largest absolute Gasteiger partial charge is 0.508 e. The number of rotatable bonds is 3. The highest BCUT2D eigenvalue weighted by molar-refractivity contribution is 5.99. The number of nitrogens with zero attached hydrogens (tertiary/aromatic N) is 1. The van der Waals surface area contributed by atoms with Crippen molar-refractivity contribution in [1.29, 1.82) is 0 Å². The van der Waals surface area contributed by atoms with Crippen molar-refractivity contribution < 1.29 is 9.90 Å². The summed E-state index contributed by atoms with van der Waals surface area (Å²) >= 11 is 0. The number of anilines is 1. The minimum atomic E-state index is -0.335. The van der Waals surface area contributed by atoms with Crippen molar-refractivity contribution >= 4 is 11.6 Å². The summed E-state index contributed by atoms with van der Waals surface area (Å²) in [6.07, 6.45) is 1.68. The van der Waals surface area contributed by atoms with Crippen LogP contribution in [0.25, 0.3) is 0 Å². The first-order chi connectivity index (χ1) is 9.08. The van der Waals surface area contributed by atoms with Crippen molar-refractivity contribution in [3.8, 4) is 5.75 Å². The van der Waals surface area contributed by atoms with E-state index >= 15 is 0 Å². The summed E-state index contributed by atoms with van der Waals surface area (Å²) in [7, 11) is 0. The van der Waals surface area contributed by atoms with Gasteiger partial charge in [0.2, 0.25) is 0 Å². The molecular weight excluding hydrogens is 242 g/mol. The van der Waals surface area contributed by atoms with Gasteiger partial charge in [0, 0.05) is 11.9 Å². The van der Waals surface area contributed by atoms with E-state index in [0.717, 1.165) is 11.3 Å². The Hall–Kier alpha value is -2.56. The highest BCUT2D eigenvalue weighted by atomic mass is 16.3. The average molecular weight is 257 g/mol. The Bertz CT molecular complexity index is 611. The molecule has 1 aromatic carbocycles. The molecule has 0 radical (unpaired) electrons. The smallest absolute Gasteiger partial charge is 0.253 e. The van der Waals surface area contributed by atoms with Crippen LogP contribution in [0.2, 0.25) is 0 Å². The van der Waals surface area contributed by atoms with Gasteiger partial charge in [-0.05, 0) is 36.8 Å². The van der Waals surface area contributed by atoms with Crippen LogP contribution in [0, 0.1) is 6.92 Å². The van der Waals surface area contributed by atoms with Crippen molar-refractivity contribution in [2.24, 2.45) is 0 Å². The van der Waals surface area contributed by atoms with E-state index in [1.165, 1.54) is 18.2 Å². The molecule has 2 aromatic rings. The molecule has 0 unspecified atom stereocenters. The van der Waals surface area contributed by atoms with Crippen LogP contribution in [-0.4, -0.2) is 16.0 Å². The van der Waals surface area contributed by atoms with Crippen LogP contribution in [-0.2, 0) is 6.54 Å². The third kappa shape index (κ3) is 3.01. The van der Waals surface area contributed by atoms with Crippen LogP contribution in [0.5, 0.6) is 5.75 Å². The van der Waals surface area contributed by atoms with Crippen molar-refractivity contribution in [2.75, 3.05) is 5.73 Å². The number of hydrogen-bond donors (Lipinski definition) is 3. The SMILES string of the molecule is Cc1cccnc1CNC(=O)c1cc(O)ccc1N. The van der Waals surface area contributed by atoms with Gasteiger partial charge >= 0.3 is 0 Å². The molecule has 0 fully saturated rings. The van der Waals surface area contributed by atoms with Crippen LogP contribution < -0.4 is 11.1 Å². The maximum atomic E-state index is 12.0. The van der Waals surface area contributed by atoms with Crippen LogP contribution in [0.3, 0.4) is 0 Å². The van der Waals surface area contributed by atoms with E-state index in [0.29, 0.717) is 12.2 Å². The van der Waals surface area contributed by atoms with E-state index in [2.05, 4.69) is 10.3 Å². The lowest BCUT2D eigenvalue weighted by Crippen LogP contribution is -2.24. The molecule has 19 heavy (non-hydrogen) atoms. The molecule has 0 aliphatic carbocycles. The summed E-state index contributed by atoms with van der Waals surface area (Å²) in [6, 6.07) is 8.05. The molecule has 0 saturated carbocycles. The van der Waals surface area contributed by atoms with Crippen molar-refractivity contribution in [3.05, 3.63) is 53.3 Å². The number of nitrogens with two attached hydrogens (primary N) is 1. The number of nitrogens with one attached hydrogen (secondary N) is 1. The molecule has 4 N–H and O–H groups in total. The minimum Gasteiger partial charge on any atom is -0.508 e. The second-order valence-electron chi connectivity index (χ2n) is 4.22. The van der Waals surface area contributed by atoms with E-state index < -0.39 is 0 Å². The summed E-state index contributed by atoms with van der Waals surface area (Å²) in [5.74, 6) is -0.327. The topological polar surface area (TPSA) is 88.2 Å². The van der Waals surface area contributed by atoms with Crippen LogP contribution in [0.15, 0.2) is 36.5 Å². The maximum Gasteiger partial charge on any atom is 0.253 e. The quantitative estimate of drug-likeness (QED) is 0.575. The Kier molecular flexibility index (Phi) is 3.66. The molecule has 5 nitrogen and oxygen atoms in total. The zero-order chi connectivity index (χ0) is 13.8. The normalized spacial score (nSPS) is 10.2. The standard InChI is InChI=1S/C14H15N3O2/c1-9-3-2-6-16-13(9)8-17-14(19)11-7-10(18)4-5-12(11)15/h2-7,18H,8,15H2,1H3,(H,17,19). The van der Waals surface area contributed by atoms with E-state index in [-0.39, 0.29) is 17.2 Å². The van der Waals surface area contributed by atoms with E-state index in [4.69, 9.17) is 5.73 Å². The highest BCUT2D eigenvalue weighted by Gasteiger charge is 2.11. The first kappa shape index (κ1) is 12.9. The molecule has 1 aromatic heterocycles. The van der Waals surface area contributed by atoms with Crippen molar-refractivity contribution in [3.63, 3.8) is 0 Å². The van der Waals surface area contributed by atoms with Gasteiger partial charge in [0.25, 0.3) is 5.91 Å². The number of benzene rings is 1. The number of nitrogen functional groups attached to an aromatic ring is 1. The Labute approximate surface area is 111 Å². The third-order valence-electron chi connectivity index (χ3n) is 2.82. The first-order valence-corrected chi connectivity index (χ1v) is 5.85. The number of phenols is 1. The minimum absolute atomic E-state index is 0.00775. The molecule has 0 aliphatic heterocycles. The number of aromatic nitrogens is 1. The highest BCUT2D eigenvalue weighted by Crippen LogP contribution is 2.18. The summed E-state index contributed by atoms with van der Waals surface area (Å²) in [6.45, 7) is 2.25. The summed E-state index contributed by atoms with van der Waals surface area (Å²) in [5, 5.41) is 12.1. The number of phenolic OH excluding ortho intramolecular Hbond substituents is 1.